The summed E-state index contributed by atoms with van der Waals surface area (Å²) in [6, 6.07) is 0. The third-order valence-corrected chi connectivity index (χ3v) is 2.11. The molecule has 1 aromatic rings. The SMILES string of the molecule is CC1CN(C(=O)Cn2cnnn2)C1. The number of likely N-dealkylation sites (tertiary alicyclic amines) is 1. The predicted octanol–water partition coefficient (Wildman–Crippen LogP) is -0.849. The first-order valence-electron chi connectivity index (χ1n) is 4.24. The first-order chi connectivity index (χ1) is 6.25. The van der Waals surface area contributed by atoms with Crippen LogP contribution in [0.5, 0.6) is 0 Å². The maximum atomic E-state index is 11.4. The minimum atomic E-state index is 0.0883. The lowest BCUT2D eigenvalue weighted by Gasteiger charge is -2.37. The second-order valence-electron chi connectivity index (χ2n) is 3.41. The van der Waals surface area contributed by atoms with Crippen molar-refractivity contribution in [2.24, 2.45) is 5.92 Å². The summed E-state index contributed by atoms with van der Waals surface area (Å²) in [7, 11) is 0. The highest BCUT2D eigenvalue weighted by Crippen LogP contribution is 2.14. The van der Waals surface area contributed by atoms with Gasteiger partial charge in [-0.15, -0.1) is 5.10 Å². The van der Waals surface area contributed by atoms with E-state index in [0.29, 0.717) is 5.92 Å². The first-order valence-corrected chi connectivity index (χ1v) is 4.24. The van der Waals surface area contributed by atoms with Crippen molar-refractivity contribution in [2.45, 2.75) is 13.5 Å². The molecule has 0 aromatic carbocycles. The number of amides is 1. The van der Waals surface area contributed by atoms with Gasteiger partial charge in [-0.3, -0.25) is 4.79 Å². The molecule has 2 heterocycles. The van der Waals surface area contributed by atoms with Crippen LogP contribution in [0.1, 0.15) is 6.92 Å². The molecule has 13 heavy (non-hydrogen) atoms. The topological polar surface area (TPSA) is 63.9 Å². The van der Waals surface area contributed by atoms with Gasteiger partial charge in [0.2, 0.25) is 5.91 Å². The maximum Gasteiger partial charge on any atom is 0.244 e. The maximum absolute atomic E-state index is 11.4. The van der Waals surface area contributed by atoms with E-state index in [9.17, 15) is 4.79 Å². The summed E-state index contributed by atoms with van der Waals surface area (Å²) >= 11 is 0. The van der Waals surface area contributed by atoms with E-state index in [1.54, 1.807) is 0 Å². The van der Waals surface area contributed by atoms with Gasteiger partial charge in [-0.2, -0.15) is 0 Å². The van der Waals surface area contributed by atoms with Gasteiger partial charge in [0.1, 0.15) is 12.9 Å². The van der Waals surface area contributed by atoms with E-state index < -0.39 is 0 Å². The van der Waals surface area contributed by atoms with Gasteiger partial charge >= 0.3 is 0 Å². The summed E-state index contributed by atoms with van der Waals surface area (Å²) < 4.78 is 1.44. The van der Waals surface area contributed by atoms with E-state index in [2.05, 4.69) is 22.4 Å². The Hall–Kier alpha value is -1.46. The van der Waals surface area contributed by atoms with E-state index in [0.717, 1.165) is 13.1 Å². The van der Waals surface area contributed by atoms with Crippen molar-refractivity contribution >= 4 is 5.91 Å². The molecule has 1 aliphatic heterocycles. The zero-order valence-electron chi connectivity index (χ0n) is 7.42. The molecule has 1 fully saturated rings. The van der Waals surface area contributed by atoms with Crippen LogP contribution in [0.25, 0.3) is 0 Å². The molecule has 0 atom stereocenters. The number of carbonyl (C=O) groups is 1. The minimum Gasteiger partial charge on any atom is -0.340 e. The van der Waals surface area contributed by atoms with Crippen molar-refractivity contribution in [3.8, 4) is 0 Å². The van der Waals surface area contributed by atoms with Crippen LogP contribution in [-0.4, -0.2) is 44.1 Å². The summed E-state index contributed by atoms with van der Waals surface area (Å²) in [6.07, 6.45) is 1.45. The lowest BCUT2D eigenvalue weighted by atomic mass is 10.0. The van der Waals surface area contributed by atoms with Crippen LogP contribution in [0, 0.1) is 5.92 Å². The molecule has 0 spiro atoms. The number of nitrogens with zero attached hydrogens (tertiary/aromatic N) is 5. The van der Waals surface area contributed by atoms with Gasteiger partial charge in [-0.1, -0.05) is 6.92 Å². The standard InChI is InChI=1S/C7H11N5O/c1-6-2-11(3-6)7(13)4-12-5-8-9-10-12/h5-6H,2-4H2,1H3. The van der Waals surface area contributed by atoms with Gasteiger partial charge in [0.25, 0.3) is 0 Å². The molecule has 6 nitrogen and oxygen atoms in total. The molecule has 0 aliphatic carbocycles. The van der Waals surface area contributed by atoms with Crippen LogP contribution < -0.4 is 0 Å². The number of rotatable bonds is 2. The zero-order chi connectivity index (χ0) is 9.26. The predicted molar refractivity (Wildman–Crippen MR) is 43.6 cm³/mol. The van der Waals surface area contributed by atoms with Crippen LogP contribution in [-0.2, 0) is 11.3 Å². The van der Waals surface area contributed by atoms with Crippen LogP contribution in [0.4, 0.5) is 0 Å². The lowest BCUT2D eigenvalue weighted by Crippen LogP contribution is -2.49. The molecule has 0 radical (unpaired) electrons. The highest BCUT2D eigenvalue weighted by atomic mass is 16.2. The fraction of sp³-hybridized carbons (Fsp3) is 0.714. The summed E-state index contributed by atoms with van der Waals surface area (Å²) in [5, 5.41) is 10.5. The van der Waals surface area contributed by atoms with Crippen LogP contribution >= 0.6 is 0 Å². The Morgan fingerprint density at radius 3 is 2.92 bits per heavy atom. The number of hydrogen-bond donors (Lipinski definition) is 0. The van der Waals surface area contributed by atoms with Gasteiger partial charge in [0.15, 0.2) is 0 Å². The molecule has 0 bridgehead atoms. The Labute approximate surface area is 75.5 Å². The van der Waals surface area contributed by atoms with E-state index in [4.69, 9.17) is 0 Å². The third-order valence-electron chi connectivity index (χ3n) is 2.11. The molecule has 1 aliphatic rings. The quantitative estimate of drug-likeness (QED) is 0.596. The van der Waals surface area contributed by atoms with E-state index in [-0.39, 0.29) is 12.5 Å². The summed E-state index contributed by atoms with van der Waals surface area (Å²) in [5.41, 5.74) is 0. The Bertz CT molecular complexity index is 290. The fourth-order valence-corrected chi connectivity index (χ4v) is 1.39. The van der Waals surface area contributed by atoms with Gasteiger partial charge in [0, 0.05) is 13.1 Å². The van der Waals surface area contributed by atoms with Crippen LogP contribution in [0.2, 0.25) is 0 Å². The zero-order valence-corrected chi connectivity index (χ0v) is 7.42. The van der Waals surface area contributed by atoms with Crippen molar-refractivity contribution in [2.75, 3.05) is 13.1 Å². The number of hydrogen-bond acceptors (Lipinski definition) is 4. The largest absolute Gasteiger partial charge is 0.340 e. The van der Waals surface area contributed by atoms with Crippen LogP contribution in [0.3, 0.4) is 0 Å². The first kappa shape index (κ1) is 8.15. The molecule has 0 N–H and O–H groups in total. The fourth-order valence-electron chi connectivity index (χ4n) is 1.39. The van der Waals surface area contributed by atoms with Gasteiger partial charge in [0.05, 0.1) is 0 Å². The molecule has 1 aromatic heterocycles. The lowest BCUT2D eigenvalue weighted by molar-refractivity contribution is -0.137. The Morgan fingerprint density at radius 2 is 2.38 bits per heavy atom. The normalized spacial score (nSPS) is 17.2. The second-order valence-corrected chi connectivity index (χ2v) is 3.41. The van der Waals surface area contributed by atoms with Crippen molar-refractivity contribution in [3.63, 3.8) is 0 Å². The van der Waals surface area contributed by atoms with Crippen molar-refractivity contribution in [1.82, 2.24) is 25.1 Å². The second kappa shape index (κ2) is 3.12. The summed E-state index contributed by atoms with van der Waals surface area (Å²) in [5.74, 6) is 0.725. The minimum absolute atomic E-state index is 0.0883. The monoisotopic (exact) mass is 181 g/mol. The summed E-state index contributed by atoms with van der Waals surface area (Å²) in [6.45, 7) is 4.10. The van der Waals surface area contributed by atoms with Crippen molar-refractivity contribution in [3.05, 3.63) is 6.33 Å². The highest BCUT2D eigenvalue weighted by molar-refractivity contribution is 5.76. The van der Waals surface area contributed by atoms with Crippen molar-refractivity contribution < 1.29 is 4.79 Å². The average molecular weight is 181 g/mol. The van der Waals surface area contributed by atoms with Crippen molar-refractivity contribution in [1.29, 1.82) is 0 Å². The van der Waals surface area contributed by atoms with Gasteiger partial charge < -0.3 is 4.90 Å². The highest BCUT2D eigenvalue weighted by Gasteiger charge is 2.26. The van der Waals surface area contributed by atoms with Gasteiger partial charge in [-0.05, 0) is 16.3 Å². The van der Waals surface area contributed by atoms with E-state index in [1.807, 2.05) is 4.90 Å². The van der Waals surface area contributed by atoms with E-state index in [1.165, 1.54) is 11.0 Å². The Morgan fingerprint density at radius 1 is 1.62 bits per heavy atom. The average Bonchev–Trinajstić information content (AvgIpc) is 2.51. The van der Waals surface area contributed by atoms with Crippen LogP contribution in [0.15, 0.2) is 6.33 Å². The number of aromatic nitrogens is 4. The molecular formula is C7H11N5O. The third kappa shape index (κ3) is 1.66. The molecule has 1 amide bonds. The molecule has 6 heteroatoms. The molecular weight excluding hydrogens is 170 g/mol. The molecule has 0 unspecified atom stereocenters. The Balaban J connectivity index is 1.86. The number of carbonyl (C=O) groups excluding carboxylic acids is 1. The van der Waals surface area contributed by atoms with Gasteiger partial charge in [-0.25, -0.2) is 4.68 Å². The summed E-state index contributed by atoms with van der Waals surface area (Å²) in [4.78, 5) is 13.3. The smallest absolute Gasteiger partial charge is 0.244 e. The molecule has 0 saturated carbocycles. The Kier molecular flexibility index (Phi) is 1.96. The number of tetrazole rings is 1. The molecule has 1 saturated heterocycles. The molecule has 70 valence electrons. The van der Waals surface area contributed by atoms with E-state index >= 15 is 0 Å². The molecule has 2 rings (SSSR count).